The van der Waals surface area contributed by atoms with E-state index >= 15 is 0 Å². The van der Waals surface area contributed by atoms with Crippen molar-refractivity contribution in [3.8, 4) is 0 Å². The molecular formula is C5H11LiO2Si. The third kappa shape index (κ3) is 11.7. The van der Waals surface area contributed by atoms with Gasteiger partial charge in [-0.2, -0.15) is 0 Å². The molecule has 0 aromatic carbocycles. The molecule has 0 saturated heterocycles. The van der Waals surface area contributed by atoms with Crippen molar-refractivity contribution >= 4 is 14.0 Å². The van der Waals surface area contributed by atoms with Crippen molar-refractivity contribution in [2.24, 2.45) is 0 Å². The van der Waals surface area contributed by atoms with E-state index in [0.717, 1.165) is 0 Å². The summed E-state index contributed by atoms with van der Waals surface area (Å²) in [5.74, 6) is -0.913. The summed E-state index contributed by atoms with van der Waals surface area (Å²) in [5, 5.41) is 9.94. The number of carboxylic acid groups (broad SMARTS) is 1. The number of carbonyl (C=O) groups excluding carboxylic acids is 1. The molecule has 0 N–H and O–H groups in total. The summed E-state index contributed by atoms with van der Waals surface area (Å²) < 4.78 is 0. The first-order valence-corrected chi connectivity index (χ1v) is 6.32. The minimum atomic E-state index is -1.38. The molecule has 4 heteroatoms. The summed E-state index contributed by atoms with van der Waals surface area (Å²) in [7, 11) is -1.38. The first kappa shape index (κ1) is 12.0. The predicted octanol–water partition coefficient (Wildman–Crippen LogP) is -2.92. The van der Waals surface area contributed by atoms with E-state index in [-0.39, 0.29) is 24.9 Å². The summed E-state index contributed by atoms with van der Waals surface area (Å²) in [5.41, 5.74) is 0. The number of carbonyl (C=O) groups is 1. The summed E-state index contributed by atoms with van der Waals surface area (Å²) in [6.45, 7) is 6.01. The van der Waals surface area contributed by atoms with Gasteiger partial charge in [-0.25, -0.2) is 0 Å². The number of hydrogen-bond donors (Lipinski definition) is 0. The Morgan fingerprint density at radius 1 is 1.44 bits per heavy atom. The largest absolute Gasteiger partial charge is 1.00 e. The van der Waals surface area contributed by atoms with Crippen molar-refractivity contribution in [1.29, 1.82) is 0 Å². The second-order valence-electron chi connectivity index (χ2n) is 3.11. The van der Waals surface area contributed by atoms with E-state index in [1.165, 1.54) is 0 Å². The van der Waals surface area contributed by atoms with Gasteiger partial charge in [0.25, 0.3) is 0 Å². The predicted molar refractivity (Wildman–Crippen MR) is 33.2 cm³/mol. The Kier molecular flexibility index (Phi) is 5.55. The van der Waals surface area contributed by atoms with Gasteiger partial charge in [-0.3, -0.25) is 0 Å². The molecule has 0 aliphatic rings. The molecule has 0 aliphatic carbocycles. The zero-order valence-electron chi connectivity index (χ0n) is 6.52. The van der Waals surface area contributed by atoms with Crippen LogP contribution in [0.15, 0.2) is 0 Å². The average molecular weight is 138 g/mol. The molecule has 0 unspecified atom stereocenters. The van der Waals surface area contributed by atoms with Crippen LogP contribution in [-0.2, 0) is 4.79 Å². The monoisotopic (exact) mass is 138 g/mol. The van der Waals surface area contributed by atoms with Gasteiger partial charge < -0.3 is 9.90 Å². The van der Waals surface area contributed by atoms with Gasteiger partial charge in [0, 0.05) is 5.97 Å². The third-order valence-corrected chi connectivity index (χ3v) is 2.02. The zero-order chi connectivity index (χ0) is 6.78. The molecule has 9 heavy (non-hydrogen) atoms. The Hall–Kier alpha value is 0.284. The van der Waals surface area contributed by atoms with Gasteiger partial charge in [-0.1, -0.05) is 19.6 Å². The molecule has 0 spiro atoms. The van der Waals surface area contributed by atoms with Crippen molar-refractivity contribution in [2.75, 3.05) is 0 Å². The topological polar surface area (TPSA) is 40.1 Å². The Labute approximate surface area is 68.8 Å². The first-order valence-electron chi connectivity index (χ1n) is 2.62. The smallest absolute Gasteiger partial charge is 0.550 e. The SMILES string of the molecule is C[Si](C)(C)CC(=O)[O-].[Li+]. The van der Waals surface area contributed by atoms with E-state index in [9.17, 15) is 9.90 Å². The van der Waals surface area contributed by atoms with Crippen molar-refractivity contribution in [3.05, 3.63) is 0 Å². The first-order chi connectivity index (χ1) is 3.42. The van der Waals surface area contributed by atoms with E-state index in [1.807, 2.05) is 19.6 Å². The quantitative estimate of drug-likeness (QED) is 0.383. The maximum Gasteiger partial charge on any atom is 1.00 e. The van der Waals surface area contributed by atoms with Crippen LogP contribution in [0.4, 0.5) is 0 Å². The minimum absolute atomic E-state index is 0. The second-order valence-corrected chi connectivity index (χ2v) is 8.58. The van der Waals surface area contributed by atoms with E-state index in [1.54, 1.807) is 0 Å². The molecule has 0 amide bonds. The van der Waals surface area contributed by atoms with Crippen LogP contribution in [0.2, 0.25) is 25.7 Å². The fraction of sp³-hybridized carbons (Fsp3) is 0.800. The summed E-state index contributed by atoms with van der Waals surface area (Å²) in [6.07, 6.45) is 0. The molecule has 0 bridgehead atoms. The average Bonchev–Trinajstić information content (AvgIpc) is 1.21. The molecular weight excluding hydrogens is 127 g/mol. The number of rotatable bonds is 2. The van der Waals surface area contributed by atoms with Crippen LogP contribution in [0.25, 0.3) is 0 Å². The molecule has 48 valence electrons. The zero-order valence-corrected chi connectivity index (χ0v) is 7.52. The van der Waals surface area contributed by atoms with Crippen LogP contribution in [0.3, 0.4) is 0 Å². The van der Waals surface area contributed by atoms with Gasteiger partial charge >= 0.3 is 18.9 Å². The number of hydrogen-bond acceptors (Lipinski definition) is 2. The van der Waals surface area contributed by atoms with E-state index in [0.29, 0.717) is 0 Å². The second kappa shape index (κ2) is 4.16. The summed E-state index contributed by atoms with van der Waals surface area (Å²) >= 11 is 0. The molecule has 0 fully saturated rings. The number of aliphatic carboxylic acids is 1. The van der Waals surface area contributed by atoms with Crippen LogP contribution in [0, 0.1) is 0 Å². The summed E-state index contributed by atoms with van der Waals surface area (Å²) in [6, 6.07) is 0.271. The molecule has 2 nitrogen and oxygen atoms in total. The van der Waals surface area contributed by atoms with E-state index in [2.05, 4.69) is 0 Å². The summed E-state index contributed by atoms with van der Waals surface area (Å²) in [4.78, 5) is 9.94. The molecule has 0 aromatic rings. The van der Waals surface area contributed by atoms with Gasteiger partial charge in [-0.05, 0) is 6.04 Å². The number of carboxylic acids is 1. The fourth-order valence-corrected chi connectivity index (χ4v) is 1.30. The van der Waals surface area contributed by atoms with E-state index in [4.69, 9.17) is 0 Å². The van der Waals surface area contributed by atoms with Gasteiger partial charge in [0.1, 0.15) is 0 Å². The van der Waals surface area contributed by atoms with Crippen LogP contribution < -0.4 is 24.0 Å². The van der Waals surface area contributed by atoms with Gasteiger partial charge in [0.2, 0.25) is 0 Å². The van der Waals surface area contributed by atoms with Crippen LogP contribution in [0.1, 0.15) is 0 Å². The fourth-order valence-electron chi connectivity index (χ4n) is 0.433. The van der Waals surface area contributed by atoms with Crippen molar-refractivity contribution in [2.45, 2.75) is 25.7 Å². The molecule has 0 atom stereocenters. The maximum absolute atomic E-state index is 9.94. The molecule has 0 aromatic heterocycles. The Balaban J connectivity index is 0. The van der Waals surface area contributed by atoms with Gasteiger partial charge in [0.15, 0.2) is 0 Å². The normalized spacial score (nSPS) is 10.1. The molecule has 0 heterocycles. The molecule has 0 saturated carbocycles. The minimum Gasteiger partial charge on any atom is -0.550 e. The van der Waals surface area contributed by atoms with Gasteiger partial charge in [-0.15, -0.1) is 0 Å². The Morgan fingerprint density at radius 3 is 1.78 bits per heavy atom. The standard InChI is InChI=1S/C5H12O2Si.Li/c1-8(2,3)4-5(6)7;/h4H2,1-3H3,(H,6,7);/q;+1/p-1. The van der Waals surface area contributed by atoms with Crippen molar-refractivity contribution < 1.29 is 28.8 Å². The molecule has 0 radical (unpaired) electrons. The van der Waals surface area contributed by atoms with E-state index < -0.39 is 14.0 Å². The Bertz CT molecular complexity index is 97.6. The van der Waals surface area contributed by atoms with Crippen LogP contribution in [-0.4, -0.2) is 14.0 Å². The van der Waals surface area contributed by atoms with Gasteiger partial charge in [0.05, 0.1) is 8.07 Å². The van der Waals surface area contributed by atoms with Crippen molar-refractivity contribution in [3.63, 3.8) is 0 Å². The third-order valence-electron chi connectivity index (χ3n) is 0.675. The molecule has 0 rings (SSSR count). The van der Waals surface area contributed by atoms with Crippen LogP contribution in [0.5, 0.6) is 0 Å². The maximum atomic E-state index is 9.94. The van der Waals surface area contributed by atoms with Crippen LogP contribution >= 0.6 is 0 Å². The molecule has 0 aliphatic heterocycles. The Morgan fingerprint density at radius 2 is 1.78 bits per heavy atom. The van der Waals surface area contributed by atoms with Crippen molar-refractivity contribution in [1.82, 2.24) is 0 Å².